The Morgan fingerprint density at radius 1 is 1.11 bits per heavy atom. The summed E-state index contributed by atoms with van der Waals surface area (Å²) in [5.74, 6) is 0. The van der Waals surface area contributed by atoms with Crippen molar-refractivity contribution in [2.45, 2.75) is 43.4 Å². The van der Waals surface area contributed by atoms with Crippen LogP contribution in [0.5, 0.6) is 0 Å². The maximum absolute atomic E-state index is 14.1. The minimum absolute atomic E-state index is 0.0160. The highest BCUT2D eigenvalue weighted by atomic mass is 32.2. The number of aromatic nitrogens is 4. The first kappa shape index (κ1) is 30.4. The molecule has 2 aromatic heterocycles. The van der Waals surface area contributed by atoms with Gasteiger partial charge in [-0.3, -0.25) is 14.0 Å². The van der Waals surface area contributed by atoms with Gasteiger partial charge in [-0.2, -0.15) is 5.10 Å². The molecule has 1 amide bonds. The molecule has 14 nitrogen and oxygen atoms in total. The van der Waals surface area contributed by atoms with E-state index in [1.54, 1.807) is 35.1 Å². The van der Waals surface area contributed by atoms with E-state index in [2.05, 4.69) is 20.0 Å². The molecule has 2 fully saturated rings. The molecule has 2 N–H and O–H groups in total. The fourth-order valence-corrected chi connectivity index (χ4v) is 6.89. The molecule has 2 aromatic carbocycles. The van der Waals surface area contributed by atoms with Crippen molar-refractivity contribution in [3.63, 3.8) is 0 Å². The van der Waals surface area contributed by atoms with Crippen LogP contribution in [0.4, 0.5) is 10.5 Å². The summed E-state index contributed by atoms with van der Waals surface area (Å²) in [6.07, 6.45) is 4.48. The lowest BCUT2D eigenvalue weighted by atomic mass is 10.1. The molecule has 1 saturated carbocycles. The minimum atomic E-state index is -3.96. The molecule has 0 bridgehead atoms. The summed E-state index contributed by atoms with van der Waals surface area (Å²) in [5.41, 5.74) is 1.77. The zero-order valence-electron chi connectivity index (χ0n) is 25.4. The monoisotopic (exact) mass is 636 g/mol. The van der Waals surface area contributed by atoms with Crippen molar-refractivity contribution < 1.29 is 22.8 Å². The number of carbonyl (C=O) groups excluding carboxylic acids is 1. The van der Waals surface area contributed by atoms with Gasteiger partial charge in [-0.1, -0.05) is 30.3 Å². The molecule has 1 aliphatic heterocycles. The van der Waals surface area contributed by atoms with E-state index in [0.717, 1.165) is 24.0 Å². The number of rotatable bonds is 9. The van der Waals surface area contributed by atoms with Gasteiger partial charge < -0.3 is 24.4 Å². The number of benzene rings is 2. The molecule has 0 radical (unpaired) electrons. The SMILES string of the molecule is CON=c1[nH]c2c(N3CCN(C(=O)OCc4ccccc4)CC3)cc(S(=O)(=O)NC3(C)CC3)cc2c(=O)n1Cc1cnn(C)c1. The Morgan fingerprint density at radius 3 is 2.49 bits per heavy atom. The Balaban J connectivity index is 1.36. The fraction of sp³-hybridized carbons (Fsp3) is 0.400. The molecule has 0 spiro atoms. The van der Waals surface area contributed by atoms with Gasteiger partial charge in [0, 0.05) is 50.5 Å². The number of nitrogens with one attached hydrogen (secondary N) is 2. The molecule has 4 aromatic rings. The lowest BCUT2D eigenvalue weighted by Crippen LogP contribution is -2.49. The molecule has 1 aliphatic carbocycles. The lowest BCUT2D eigenvalue weighted by Gasteiger charge is -2.36. The normalized spacial score (nSPS) is 16.6. The zero-order valence-corrected chi connectivity index (χ0v) is 26.2. The van der Waals surface area contributed by atoms with Gasteiger partial charge in [-0.15, -0.1) is 0 Å². The van der Waals surface area contributed by atoms with Crippen LogP contribution >= 0.6 is 0 Å². The van der Waals surface area contributed by atoms with Gasteiger partial charge in [-0.05, 0) is 42.6 Å². The predicted molar refractivity (Wildman–Crippen MR) is 166 cm³/mol. The summed E-state index contributed by atoms with van der Waals surface area (Å²) in [5, 5.41) is 8.44. The predicted octanol–water partition coefficient (Wildman–Crippen LogP) is 1.86. The van der Waals surface area contributed by atoms with E-state index in [1.807, 2.05) is 42.2 Å². The molecular weight excluding hydrogens is 600 g/mol. The topological polar surface area (TPSA) is 156 Å². The van der Waals surface area contributed by atoms with Crippen LogP contribution in [0.3, 0.4) is 0 Å². The molecule has 1 saturated heterocycles. The van der Waals surface area contributed by atoms with Crippen LogP contribution in [-0.2, 0) is 39.8 Å². The summed E-state index contributed by atoms with van der Waals surface area (Å²) < 4.78 is 38.5. The first-order chi connectivity index (χ1) is 21.5. The molecule has 0 unspecified atom stereocenters. The molecule has 0 atom stereocenters. The third kappa shape index (κ3) is 6.59. The van der Waals surface area contributed by atoms with Crippen molar-refractivity contribution in [3.8, 4) is 0 Å². The van der Waals surface area contributed by atoms with Crippen molar-refractivity contribution in [2.75, 3.05) is 38.2 Å². The van der Waals surface area contributed by atoms with Crippen molar-refractivity contribution in [3.05, 3.63) is 82.0 Å². The Bertz CT molecular complexity index is 1960. The van der Waals surface area contributed by atoms with Gasteiger partial charge >= 0.3 is 6.09 Å². The van der Waals surface area contributed by atoms with Crippen LogP contribution in [0.15, 0.2) is 69.7 Å². The second kappa shape index (κ2) is 12.0. The summed E-state index contributed by atoms with van der Waals surface area (Å²) >= 11 is 0. The Labute approximate surface area is 259 Å². The standard InChI is InChI=1S/C30H36N8O6S/c1-30(9-10-30)34-45(41,42)23-15-24-26(32-28(33-43-3)38(27(24)39)19-22-17-31-35(2)18-22)25(16-23)36-11-13-37(14-12-36)29(40)44-20-21-7-5-4-6-8-21/h4-8,15-18,34H,9-14,19-20H2,1-3H3,(H,32,33). The van der Waals surface area contributed by atoms with E-state index >= 15 is 0 Å². The molecule has 2 aliphatic rings. The lowest BCUT2D eigenvalue weighted by molar-refractivity contribution is 0.0942. The second-order valence-corrected chi connectivity index (χ2v) is 13.4. The van der Waals surface area contributed by atoms with E-state index in [0.29, 0.717) is 37.4 Å². The first-order valence-corrected chi connectivity index (χ1v) is 16.1. The molecule has 15 heteroatoms. The summed E-state index contributed by atoms with van der Waals surface area (Å²) in [4.78, 5) is 38.7. The van der Waals surface area contributed by atoms with Crippen LogP contribution in [0.1, 0.15) is 30.9 Å². The number of anilines is 1. The number of H-pyrrole nitrogens is 1. The average Bonchev–Trinajstić information content (AvgIpc) is 3.60. The second-order valence-electron chi connectivity index (χ2n) is 11.7. The fourth-order valence-electron chi connectivity index (χ4n) is 5.38. The number of hydrogen-bond donors (Lipinski definition) is 2. The highest BCUT2D eigenvalue weighted by Gasteiger charge is 2.41. The van der Waals surface area contributed by atoms with E-state index in [-0.39, 0.29) is 29.1 Å². The number of hydrogen-bond acceptors (Lipinski definition) is 9. The number of nitrogens with zero attached hydrogens (tertiary/aromatic N) is 6. The Morgan fingerprint density at radius 2 is 1.84 bits per heavy atom. The van der Waals surface area contributed by atoms with Crippen molar-refractivity contribution >= 4 is 32.7 Å². The van der Waals surface area contributed by atoms with Crippen LogP contribution in [-0.4, -0.2) is 77.6 Å². The highest BCUT2D eigenvalue weighted by molar-refractivity contribution is 7.89. The number of fused-ring (bicyclic) bond motifs is 1. The Kier molecular flexibility index (Phi) is 8.14. The van der Waals surface area contributed by atoms with Crippen LogP contribution in [0.25, 0.3) is 10.9 Å². The molecule has 238 valence electrons. The number of aryl methyl sites for hydroxylation is 1. The first-order valence-electron chi connectivity index (χ1n) is 14.7. The van der Waals surface area contributed by atoms with E-state index < -0.39 is 27.2 Å². The molecular formula is C30H36N8O6S. The van der Waals surface area contributed by atoms with Gasteiger partial charge in [0.25, 0.3) is 5.56 Å². The average molecular weight is 637 g/mol. The highest BCUT2D eigenvalue weighted by Crippen LogP contribution is 2.37. The van der Waals surface area contributed by atoms with Crippen LogP contribution in [0, 0.1) is 0 Å². The van der Waals surface area contributed by atoms with Crippen molar-refractivity contribution in [1.82, 2.24) is 29.0 Å². The largest absolute Gasteiger partial charge is 0.445 e. The van der Waals surface area contributed by atoms with E-state index in [4.69, 9.17) is 9.57 Å². The van der Waals surface area contributed by atoms with Gasteiger partial charge in [0.15, 0.2) is 0 Å². The smallest absolute Gasteiger partial charge is 0.410 e. The van der Waals surface area contributed by atoms with Gasteiger partial charge in [0.2, 0.25) is 15.6 Å². The number of ether oxygens (including phenoxy) is 1. The van der Waals surface area contributed by atoms with Crippen molar-refractivity contribution in [1.29, 1.82) is 0 Å². The quantitative estimate of drug-likeness (QED) is 0.264. The Hall–Kier alpha value is -4.63. The van der Waals surface area contributed by atoms with Gasteiger partial charge in [0.05, 0.1) is 34.2 Å². The van der Waals surface area contributed by atoms with Gasteiger partial charge in [-0.25, -0.2) is 17.9 Å². The van der Waals surface area contributed by atoms with Crippen LogP contribution < -0.4 is 20.8 Å². The number of aromatic amines is 1. The van der Waals surface area contributed by atoms with Gasteiger partial charge in [0.1, 0.15) is 13.7 Å². The van der Waals surface area contributed by atoms with Crippen molar-refractivity contribution in [2.24, 2.45) is 12.2 Å². The molecule has 45 heavy (non-hydrogen) atoms. The summed E-state index contributed by atoms with van der Waals surface area (Å²) in [6.45, 7) is 3.61. The molecule has 6 rings (SSSR count). The van der Waals surface area contributed by atoms with E-state index in [1.165, 1.54) is 17.7 Å². The number of sulfonamides is 1. The summed E-state index contributed by atoms with van der Waals surface area (Å²) in [7, 11) is -0.797. The molecule has 3 heterocycles. The number of carbonyl (C=O) groups is 1. The van der Waals surface area contributed by atoms with E-state index in [9.17, 15) is 18.0 Å². The number of piperazine rings is 1. The van der Waals surface area contributed by atoms with Crippen LogP contribution in [0.2, 0.25) is 0 Å². The zero-order chi connectivity index (χ0) is 31.8. The summed E-state index contributed by atoms with van der Waals surface area (Å²) in [6, 6.07) is 12.4. The third-order valence-corrected chi connectivity index (χ3v) is 9.73. The maximum Gasteiger partial charge on any atom is 0.410 e. The third-order valence-electron chi connectivity index (χ3n) is 8.11. The number of amides is 1. The maximum atomic E-state index is 14.1. The minimum Gasteiger partial charge on any atom is -0.445 e.